The molecule has 0 aromatic carbocycles. The molecule has 166 valence electrons. The topological polar surface area (TPSA) is 97.1 Å². The molecule has 5 rings (SSSR count). The molecule has 7 nitrogen and oxygen atoms in total. The van der Waals surface area contributed by atoms with E-state index in [1.54, 1.807) is 12.4 Å². The Morgan fingerprint density at radius 1 is 1.16 bits per heavy atom. The van der Waals surface area contributed by atoms with Gasteiger partial charge in [-0.25, -0.2) is 4.98 Å². The Morgan fingerprint density at radius 2 is 1.94 bits per heavy atom. The molecule has 0 bridgehead atoms. The Bertz CT molecular complexity index is 1260. The number of nitrogens with one attached hydrogen (secondary N) is 1. The van der Waals surface area contributed by atoms with Crippen LogP contribution in [0, 0.1) is 12.8 Å². The SMILES string of the molecule is CCC[C@H](O)c1cc(C)c(-c2cc3cnc(NC(=O)C4CC4)cc3n(C3CC3)c2=O)cn1. The van der Waals surface area contributed by atoms with Gasteiger partial charge in [0.15, 0.2) is 0 Å². The van der Waals surface area contributed by atoms with Crippen molar-refractivity contribution in [2.24, 2.45) is 5.92 Å². The molecule has 32 heavy (non-hydrogen) atoms. The van der Waals surface area contributed by atoms with Crippen molar-refractivity contribution in [2.45, 2.75) is 64.5 Å². The van der Waals surface area contributed by atoms with Gasteiger partial charge in [-0.2, -0.15) is 0 Å². The number of fused-ring (bicyclic) bond motifs is 1. The van der Waals surface area contributed by atoms with Gasteiger partial charge in [0, 0.05) is 46.9 Å². The molecule has 0 saturated heterocycles. The lowest BCUT2D eigenvalue weighted by Crippen LogP contribution is -2.22. The molecule has 2 aliphatic rings. The predicted octanol–water partition coefficient (Wildman–Crippen LogP) is 4.28. The standard InChI is InChI=1S/C25H28N4O3/c1-3-4-22(30)20-9-14(2)19(13-26-20)18-10-16-12-27-23(28-24(31)15-5-6-15)11-21(16)29(25(18)32)17-7-8-17/h9-13,15,17,22,30H,3-8H2,1-2H3,(H,27,28,31)/t22-/m0/s1. The molecule has 1 amide bonds. The second-order valence-corrected chi connectivity index (χ2v) is 9.08. The molecule has 2 saturated carbocycles. The summed E-state index contributed by atoms with van der Waals surface area (Å²) in [5.74, 6) is 0.582. The highest BCUT2D eigenvalue weighted by Gasteiger charge is 2.31. The third-order valence-electron chi connectivity index (χ3n) is 6.36. The maximum Gasteiger partial charge on any atom is 0.259 e. The molecule has 1 atom stereocenters. The monoisotopic (exact) mass is 432 g/mol. The van der Waals surface area contributed by atoms with Gasteiger partial charge in [-0.1, -0.05) is 13.3 Å². The Balaban J connectivity index is 1.58. The number of aliphatic hydroxyl groups excluding tert-OH is 1. The first-order valence-electron chi connectivity index (χ1n) is 11.5. The summed E-state index contributed by atoms with van der Waals surface area (Å²) in [5.41, 5.74) is 3.63. The lowest BCUT2D eigenvalue weighted by molar-refractivity contribution is -0.117. The maximum absolute atomic E-state index is 13.6. The average Bonchev–Trinajstić information content (AvgIpc) is 3.67. The van der Waals surface area contributed by atoms with Gasteiger partial charge in [0.05, 0.1) is 17.3 Å². The lowest BCUT2D eigenvalue weighted by atomic mass is 10.00. The van der Waals surface area contributed by atoms with E-state index in [4.69, 9.17) is 0 Å². The van der Waals surface area contributed by atoms with E-state index in [0.29, 0.717) is 23.5 Å². The number of aryl methyl sites for hydroxylation is 1. The van der Waals surface area contributed by atoms with Gasteiger partial charge in [0.2, 0.25) is 5.91 Å². The van der Waals surface area contributed by atoms with Gasteiger partial charge >= 0.3 is 0 Å². The van der Waals surface area contributed by atoms with Crippen LogP contribution in [0.15, 0.2) is 35.4 Å². The zero-order valence-corrected chi connectivity index (χ0v) is 18.5. The van der Waals surface area contributed by atoms with Gasteiger partial charge in [-0.15, -0.1) is 0 Å². The van der Waals surface area contributed by atoms with Crippen LogP contribution in [0.25, 0.3) is 22.0 Å². The van der Waals surface area contributed by atoms with Crippen molar-refractivity contribution in [3.8, 4) is 11.1 Å². The van der Waals surface area contributed by atoms with Crippen LogP contribution in [-0.4, -0.2) is 25.5 Å². The Labute approximate surface area is 186 Å². The van der Waals surface area contributed by atoms with E-state index in [0.717, 1.165) is 54.1 Å². The second-order valence-electron chi connectivity index (χ2n) is 9.08. The van der Waals surface area contributed by atoms with Crippen LogP contribution in [0.5, 0.6) is 0 Å². The van der Waals surface area contributed by atoms with Crippen LogP contribution >= 0.6 is 0 Å². The maximum atomic E-state index is 13.6. The highest BCUT2D eigenvalue weighted by atomic mass is 16.3. The fourth-order valence-electron chi connectivity index (χ4n) is 4.23. The van der Waals surface area contributed by atoms with Gasteiger partial charge < -0.3 is 15.0 Å². The number of anilines is 1. The highest BCUT2D eigenvalue weighted by Crippen LogP contribution is 2.38. The largest absolute Gasteiger partial charge is 0.387 e. The molecular formula is C25H28N4O3. The molecular weight excluding hydrogens is 404 g/mol. The Kier molecular flexibility index (Phi) is 5.29. The molecule has 7 heteroatoms. The molecule has 0 aliphatic heterocycles. The number of carbonyl (C=O) groups is 1. The highest BCUT2D eigenvalue weighted by molar-refractivity contribution is 5.95. The lowest BCUT2D eigenvalue weighted by Gasteiger charge is -2.16. The van der Waals surface area contributed by atoms with Crippen molar-refractivity contribution in [3.63, 3.8) is 0 Å². The van der Waals surface area contributed by atoms with Gasteiger partial charge in [0.1, 0.15) is 5.82 Å². The van der Waals surface area contributed by atoms with Crippen LogP contribution in [0.3, 0.4) is 0 Å². The van der Waals surface area contributed by atoms with Crippen molar-refractivity contribution in [1.29, 1.82) is 0 Å². The van der Waals surface area contributed by atoms with Crippen molar-refractivity contribution < 1.29 is 9.90 Å². The average molecular weight is 433 g/mol. The van der Waals surface area contributed by atoms with E-state index in [-0.39, 0.29) is 23.4 Å². The van der Waals surface area contributed by atoms with Crippen LogP contribution in [0.1, 0.15) is 68.9 Å². The fraction of sp³-hybridized carbons (Fsp3) is 0.440. The number of nitrogens with zero attached hydrogens (tertiary/aromatic N) is 3. The zero-order chi connectivity index (χ0) is 22.4. The molecule has 3 heterocycles. The summed E-state index contributed by atoms with van der Waals surface area (Å²) in [6, 6.07) is 5.71. The van der Waals surface area contributed by atoms with Crippen molar-refractivity contribution in [3.05, 3.63) is 52.2 Å². The van der Waals surface area contributed by atoms with E-state index in [1.807, 2.05) is 36.6 Å². The Morgan fingerprint density at radius 3 is 2.59 bits per heavy atom. The van der Waals surface area contributed by atoms with Gasteiger partial charge in [0.25, 0.3) is 5.56 Å². The minimum atomic E-state index is -0.596. The van der Waals surface area contributed by atoms with Crippen molar-refractivity contribution >= 4 is 22.6 Å². The van der Waals surface area contributed by atoms with Crippen LogP contribution in [-0.2, 0) is 4.79 Å². The predicted molar refractivity (Wildman–Crippen MR) is 123 cm³/mol. The second kappa shape index (κ2) is 8.13. The third kappa shape index (κ3) is 3.93. The number of amides is 1. The number of hydrogen-bond donors (Lipinski definition) is 2. The quantitative estimate of drug-likeness (QED) is 0.581. The minimum absolute atomic E-state index is 0.000776. The number of aliphatic hydroxyl groups is 1. The van der Waals surface area contributed by atoms with Gasteiger partial charge in [-0.3, -0.25) is 14.6 Å². The van der Waals surface area contributed by atoms with E-state index in [1.165, 1.54) is 0 Å². The first-order valence-corrected chi connectivity index (χ1v) is 11.5. The summed E-state index contributed by atoms with van der Waals surface area (Å²) in [7, 11) is 0. The van der Waals surface area contributed by atoms with Gasteiger partial charge in [-0.05, 0) is 56.7 Å². The molecule has 3 aromatic rings. The molecule has 3 aromatic heterocycles. The first-order chi connectivity index (χ1) is 15.5. The van der Waals surface area contributed by atoms with E-state index < -0.39 is 6.10 Å². The summed E-state index contributed by atoms with van der Waals surface area (Å²) in [5, 5.41) is 14.0. The molecule has 0 unspecified atom stereocenters. The zero-order valence-electron chi connectivity index (χ0n) is 18.5. The first kappa shape index (κ1) is 20.8. The Hall–Kier alpha value is -3.06. The summed E-state index contributed by atoms with van der Waals surface area (Å²) >= 11 is 0. The van der Waals surface area contributed by atoms with Crippen LogP contribution in [0.2, 0.25) is 0 Å². The minimum Gasteiger partial charge on any atom is -0.387 e. The number of hydrogen-bond acceptors (Lipinski definition) is 5. The normalized spacial score (nSPS) is 16.8. The number of rotatable bonds is 7. The number of pyridine rings is 3. The third-order valence-corrected chi connectivity index (χ3v) is 6.36. The number of aromatic nitrogens is 3. The molecule has 2 N–H and O–H groups in total. The fourth-order valence-corrected chi connectivity index (χ4v) is 4.23. The van der Waals surface area contributed by atoms with Crippen LogP contribution < -0.4 is 10.9 Å². The smallest absolute Gasteiger partial charge is 0.259 e. The van der Waals surface area contributed by atoms with E-state index in [2.05, 4.69) is 15.3 Å². The summed E-state index contributed by atoms with van der Waals surface area (Å²) < 4.78 is 1.85. The van der Waals surface area contributed by atoms with E-state index >= 15 is 0 Å². The molecule has 0 radical (unpaired) electrons. The van der Waals surface area contributed by atoms with Crippen LogP contribution in [0.4, 0.5) is 5.82 Å². The summed E-state index contributed by atoms with van der Waals surface area (Å²) in [6.45, 7) is 3.97. The van der Waals surface area contributed by atoms with Crippen molar-refractivity contribution in [1.82, 2.24) is 14.5 Å². The molecule has 2 aliphatic carbocycles. The summed E-state index contributed by atoms with van der Waals surface area (Å²) in [6.07, 6.45) is 8.13. The summed E-state index contributed by atoms with van der Waals surface area (Å²) in [4.78, 5) is 34.6. The molecule has 2 fully saturated rings. The number of carbonyl (C=O) groups excluding carboxylic acids is 1. The van der Waals surface area contributed by atoms with Crippen molar-refractivity contribution in [2.75, 3.05) is 5.32 Å². The molecule has 0 spiro atoms. The van der Waals surface area contributed by atoms with E-state index in [9.17, 15) is 14.7 Å².